The lowest BCUT2D eigenvalue weighted by molar-refractivity contribution is -0.923. The van der Waals surface area contributed by atoms with Crippen LogP contribution < -0.4 is 20.4 Å². The van der Waals surface area contributed by atoms with E-state index in [0.717, 1.165) is 0 Å². The van der Waals surface area contributed by atoms with E-state index in [1.54, 1.807) is 0 Å². The zero-order chi connectivity index (χ0) is 49.5. The number of nitrogens with zero attached hydrogens (tertiary/aromatic N) is 4. The summed E-state index contributed by atoms with van der Waals surface area (Å²) in [7, 11) is 0. The summed E-state index contributed by atoms with van der Waals surface area (Å²) in [4.78, 5) is 38.6. The number of rotatable bonds is 32. The highest BCUT2D eigenvalue weighted by molar-refractivity contribution is 5.68. The molecule has 0 rings (SSSR count). The first-order chi connectivity index (χ1) is 29.2. The van der Waals surface area contributed by atoms with Gasteiger partial charge in [-0.1, -0.05) is 53.4 Å². The van der Waals surface area contributed by atoms with Crippen molar-refractivity contribution in [3.63, 3.8) is 0 Å². The quantitative estimate of drug-likeness (QED) is 0.0748. The molecule has 0 unspecified atom stereocenters. The third-order valence-corrected chi connectivity index (χ3v) is 13.5. The first kappa shape index (κ1) is 71.4. The minimum Gasteiger partial charge on any atom is -0.550 e. The number of carbonyl (C=O) groups is 4. The molecule has 0 heterocycles. The van der Waals surface area contributed by atoms with E-state index < -0.39 is 23.9 Å². The van der Waals surface area contributed by atoms with Gasteiger partial charge in [-0.25, -0.2) is 0 Å². The van der Waals surface area contributed by atoms with Crippen LogP contribution >= 0.6 is 0 Å². The van der Waals surface area contributed by atoms with Crippen LogP contribution in [-0.4, -0.2) is 147 Å². The van der Waals surface area contributed by atoms with Gasteiger partial charge in [0.25, 0.3) is 0 Å². The van der Waals surface area contributed by atoms with Gasteiger partial charge in [0.1, 0.15) is 0 Å². The molecule has 0 aliphatic heterocycles. The van der Waals surface area contributed by atoms with Crippen LogP contribution in [0.1, 0.15) is 201 Å². The van der Waals surface area contributed by atoms with E-state index in [2.05, 4.69) is 111 Å². The Kier molecular flexibility index (Phi) is 55.5. The van der Waals surface area contributed by atoms with E-state index in [-0.39, 0.29) is 38.5 Å². The molecule has 62 heavy (non-hydrogen) atoms. The van der Waals surface area contributed by atoms with Gasteiger partial charge in [-0.2, -0.15) is 0 Å². The molecular formula is C50H108N4O8. The summed E-state index contributed by atoms with van der Waals surface area (Å²) in [6.07, 6.45) is 10.2. The molecule has 0 aliphatic carbocycles. The molecule has 0 bridgehead atoms. The minimum atomic E-state index is -1.23. The Morgan fingerprint density at radius 2 is 0.387 bits per heavy atom. The van der Waals surface area contributed by atoms with Gasteiger partial charge in [0.2, 0.25) is 0 Å². The lowest BCUT2D eigenvalue weighted by Crippen LogP contribution is -2.48. The molecule has 0 saturated heterocycles. The second-order valence-electron chi connectivity index (χ2n) is 16.7. The molecule has 0 atom stereocenters. The second kappa shape index (κ2) is 48.2. The molecule has 376 valence electrons. The standard InChI is InChI=1S/4C10H24N.2C5H8O4/c4*1-5-9-10-11(6-2,7-3)8-4;2*6-4(7)2-1-3-5(8)9/h4*5-10H2,1-4H3;2*1-3H2,(H,6,7)(H,8,9)/q4*+1;;/p-4. The maximum Gasteiger partial charge on any atom is 0.0786 e. The highest BCUT2D eigenvalue weighted by atomic mass is 16.4. The average molecular weight is 893 g/mol. The van der Waals surface area contributed by atoms with Crippen LogP contribution in [0.5, 0.6) is 0 Å². The Morgan fingerprint density at radius 1 is 0.258 bits per heavy atom. The largest absolute Gasteiger partial charge is 0.550 e. The predicted octanol–water partition coefficient (Wildman–Crippen LogP) is 5.97. The summed E-state index contributed by atoms with van der Waals surface area (Å²) in [6.45, 7) is 57.9. The van der Waals surface area contributed by atoms with Crippen LogP contribution in [-0.2, 0) is 19.2 Å². The maximum absolute atomic E-state index is 9.66. The Labute approximate surface area is 385 Å². The van der Waals surface area contributed by atoms with Crippen LogP contribution in [0.25, 0.3) is 0 Å². The number of quaternary nitrogens is 4. The van der Waals surface area contributed by atoms with Crippen molar-refractivity contribution in [2.24, 2.45) is 0 Å². The molecule has 0 fully saturated rings. The van der Waals surface area contributed by atoms with Crippen molar-refractivity contribution >= 4 is 23.9 Å². The first-order valence-corrected chi connectivity index (χ1v) is 25.4. The number of carbonyl (C=O) groups excluding carboxylic acids is 4. The van der Waals surface area contributed by atoms with Gasteiger partial charge in [0.05, 0.1) is 105 Å². The Morgan fingerprint density at radius 3 is 0.468 bits per heavy atom. The van der Waals surface area contributed by atoms with Crippen LogP contribution in [0.4, 0.5) is 0 Å². The number of carboxylic acid groups (broad SMARTS) is 4. The van der Waals surface area contributed by atoms with Crippen LogP contribution in [0.2, 0.25) is 0 Å². The lowest BCUT2D eigenvalue weighted by Gasteiger charge is -2.35. The highest BCUT2D eigenvalue weighted by Gasteiger charge is 2.21. The fraction of sp³-hybridized carbons (Fsp3) is 0.920. The Balaban J connectivity index is -0.000000152. The molecule has 0 spiro atoms. The fourth-order valence-corrected chi connectivity index (χ4v) is 7.31. The molecule has 0 radical (unpaired) electrons. The van der Waals surface area contributed by atoms with E-state index in [1.807, 2.05) is 0 Å². The van der Waals surface area contributed by atoms with E-state index in [9.17, 15) is 39.6 Å². The third kappa shape index (κ3) is 43.0. The van der Waals surface area contributed by atoms with Crippen LogP contribution in [0.3, 0.4) is 0 Å². The Bertz CT molecular complexity index is 808. The summed E-state index contributed by atoms with van der Waals surface area (Å²) in [6, 6.07) is 0. The number of hydrogen-bond acceptors (Lipinski definition) is 8. The number of hydrogen-bond donors (Lipinski definition) is 0. The van der Waals surface area contributed by atoms with E-state index in [1.165, 1.54) is 174 Å². The molecule has 0 amide bonds. The van der Waals surface area contributed by atoms with Crippen LogP contribution in [0.15, 0.2) is 0 Å². The van der Waals surface area contributed by atoms with Gasteiger partial charge >= 0.3 is 0 Å². The topological polar surface area (TPSA) is 161 Å². The zero-order valence-electron chi connectivity index (χ0n) is 44.3. The summed E-state index contributed by atoms with van der Waals surface area (Å²) in [5.41, 5.74) is 0. The van der Waals surface area contributed by atoms with Crippen molar-refractivity contribution in [3.8, 4) is 0 Å². The number of carboxylic acids is 4. The highest BCUT2D eigenvalue weighted by Crippen LogP contribution is 2.10. The molecule has 0 aromatic carbocycles. The lowest BCUT2D eigenvalue weighted by atomic mass is 10.2. The predicted molar refractivity (Wildman–Crippen MR) is 254 cm³/mol. The Hall–Kier alpha value is -2.28. The van der Waals surface area contributed by atoms with Crippen LogP contribution in [0, 0.1) is 0 Å². The molecule has 0 saturated carbocycles. The van der Waals surface area contributed by atoms with Crippen molar-refractivity contribution in [1.82, 2.24) is 0 Å². The molecule has 12 nitrogen and oxygen atoms in total. The smallest absolute Gasteiger partial charge is 0.0786 e. The molecule has 0 N–H and O–H groups in total. The number of aliphatic carboxylic acids is 4. The number of unbranched alkanes of at least 4 members (excludes halogenated alkanes) is 4. The van der Waals surface area contributed by atoms with Gasteiger partial charge in [0, 0.05) is 23.9 Å². The summed E-state index contributed by atoms with van der Waals surface area (Å²) in [5.74, 6) is -4.90. The van der Waals surface area contributed by atoms with Crippen molar-refractivity contribution in [2.45, 2.75) is 201 Å². The van der Waals surface area contributed by atoms with Gasteiger partial charge in [-0.05, 0) is 147 Å². The third-order valence-electron chi connectivity index (χ3n) is 13.5. The van der Waals surface area contributed by atoms with Gasteiger partial charge in [0.15, 0.2) is 0 Å². The van der Waals surface area contributed by atoms with Crippen molar-refractivity contribution in [1.29, 1.82) is 0 Å². The first-order valence-electron chi connectivity index (χ1n) is 25.4. The minimum absolute atomic E-state index is 0.0880. The van der Waals surface area contributed by atoms with Crippen molar-refractivity contribution in [2.75, 3.05) is 105 Å². The van der Waals surface area contributed by atoms with Crippen molar-refractivity contribution < 1.29 is 57.5 Å². The summed E-state index contributed by atoms with van der Waals surface area (Å²) in [5, 5.41) is 38.6. The monoisotopic (exact) mass is 893 g/mol. The molecule has 0 aliphatic rings. The van der Waals surface area contributed by atoms with E-state index in [0.29, 0.717) is 0 Å². The van der Waals surface area contributed by atoms with Gasteiger partial charge in [-0.15, -0.1) is 0 Å². The van der Waals surface area contributed by atoms with Gasteiger partial charge < -0.3 is 57.5 Å². The van der Waals surface area contributed by atoms with E-state index >= 15 is 0 Å². The van der Waals surface area contributed by atoms with Crippen molar-refractivity contribution in [3.05, 3.63) is 0 Å². The molecule has 0 aromatic heterocycles. The maximum atomic E-state index is 9.66. The van der Waals surface area contributed by atoms with E-state index in [4.69, 9.17) is 0 Å². The zero-order valence-corrected chi connectivity index (χ0v) is 44.3. The summed E-state index contributed by atoms with van der Waals surface area (Å²) >= 11 is 0. The summed E-state index contributed by atoms with van der Waals surface area (Å²) < 4.78 is 5.25. The molecular weight excluding hydrogens is 785 g/mol. The fourth-order valence-electron chi connectivity index (χ4n) is 7.31. The second-order valence-corrected chi connectivity index (χ2v) is 16.7. The molecule has 12 heteroatoms. The average Bonchev–Trinajstić information content (AvgIpc) is 3.27. The molecule has 0 aromatic rings. The van der Waals surface area contributed by atoms with Gasteiger partial charge in [-0.3, -0.25) is 0 Å². The SMILES string of the molecule is CCCC[N+](CC)(CC)CC.CCCC[N+](CC)(CC)CC.CCCC[N+](CC)(CC)CC.CCCC[N+](CC)(CC)CC.O=C([O-])CCCC(=O)[O-].O=C([O-])CCCC(=O)[O-]. The normalized spacial score (nSPS) is 11.1.